The molecule has 0 N–H and O–H groups in total. The topological polar surface area (TPSA) is 132 Å². The lowest BCUT2D eigenvalue weighted by Crippen LogP contribution is -2.02. The molecule has 35 rings (SSSR count). The molecule has 11 aromatic heterocycles. The third-order valence-corrected chi connectivity index (χ3v) is 33.9. The predicted octanol–water partition coefficient (Wildman–Crippen LogP) is 38.6. The minimum absolute atomic E-state index is 0.328. The summed E-state index contributed by atoms with van der Waals surface area (Å²) in [6, 6.07) is 146. The summed E-state index contributed by atoms with van der Waals surface area (Å²) < 4.78 is 31.4. The van der Waals surface area contributed by atoms with Crippen LogP contribution in [0.4, 0.5) is 0 Å². The van der Waals surface area contributed by atoms with Crippen LogP contribution >= 0.6 is 57.5 Å². The molecule has 0 amide bonds. The fourth-order valence-electron chi connectivity index (χ4n) is 24.6. The van der Waals surface area contributed by atoms with Crippen molar-refractivity contribution in [1.29, 1.82) is 0 Å². The second-order valence-electron chi connectivity index (χ2n) is 38.7. The number of para-hydroxylation sites is 2. The van der Waals surface area contributed by atoms with Crippen molar-refractivity contribution >= 4 is 359 Å². The van der Waals surface area contributed by atoms with Gasteiger partial charge in [0.15, 0.2) is 49.7 Å². The first-order valence-electron chi connectivity index (χ1n) is 49.6. The van der Waals surface area contributed by atoms with Gasteiger partial charge in [0.1, 0.15) is 27.1 Å². The largest absolute Gasteiger partial charge is 0.453 e. The Morgan fingerprint density at radius 2 is 0.510 bits per heavy atom. The molecule has 12 nitrogen and oxygen atoms in total. The third-order valence-electron chi connectivity index (χ3n) is 31.0. The van der Waals surface area contributed by atoms with Crippen molar-refractivity contribution in [1.82, 2.24) is 43.6 Å². The number of benzene rings is 24. The number of halogens is 3. The van der Waals surface area contributed by atoms with Crippen molar-refractivity contribution in [2.75, 3.05) is 0 Å². The molecule has 0 aliphatic carbocycles. The van der Waals surface area contributed by atoms with E-state index in [0.29, 0.717) is 32.9 Å². The number of aromatic nitrogens is 9. The molecule has 0 bridgehead atoms. The summed E-state index contributed by atoms with van der Waals surface area (Å²) in [5.41, 5.74) is 17.1. The summed E-state index contributed by atoms with van der Waals surface area (Å²) in [4.78, 5) is 31.8. The molecule has 0 spiro atoms. The van der Waals surface area contributed by atoms with Crippen molar-refractivity contribution in [3.8, 4) is 28.6 Å². The smallest absolute Gasteiger partial charge is 0.176 e. The lowest BCUT2D eigenvalue weighted by Gasteiger charge is -2.13. The Balaban J connectivity index is 0.0000000980. The molecule has 0 radical (unpaired) electrons. The molecule has 0 saturated carbocycles. The number of rotatable bonds is 4. The van der Waals surface area contributed by atoms with Crippen molar-refractivity contribution < 1.29 is 13.3 Å². The van der Waals surface area contributed by atoms with Gasteiger partial charge in [0.05, 0.1) is 55.2 Å². The molecule has 692 valence electrons. The van der Waals surface area contributed by atoms with E-state index in [1.165, 1.54) is 47.3 Å². The van der Waals surface area contributed by atoms with Crippen molar-refractivity contribution in [2.45, 2.75) is 0 Å². The maximum absolute atomic E-state index is 7.27. The summed E-state index contributed by atoms with van der Waals surface area (Å²) in [6.45, 7) is 0. The highest BCUT2D eigenvalue weighted by Crippen LogP contribution is 2.55. The van der Waals surface area contributed by atoms with Crippen molar-refractivity contribution in [3.05, 3.63) is 428 Å². The van der Waals surface area contributed by atoms with E-state index in [1.807, 2.05) is 35.6 Å². The summed E-state index contributed by atoms with van der Waals surface area (Å²) in [5.74, 6) is 1.74. The standard InChI is InChI=1S/C50H26ClN3OS.C46H24ClN3O.C36H18ClN3OS/c51-49-50(53-45-31-11-3-1-9-27(31)19-23-39(45)52-49)54-40-24-20-29(30-18-21-34-33-13-7-8-16-41(33)56-42(34)26-30)25-38(40)43-35-14-5-6-15-36(35)44-37-22-17-28-10-2-4-12-32(28)47(37)55-48(44)46(43)54;47-45-46(49-38-24-36-30-16-6-4-14-28(30)27-13-3-5-15-29(27)35(36)23-37(38)48-45)50-39-20-10-9-19-33(39)40-31-17-7-8-18-32(31)41-34-22-21-25-11-1-2-12-26(25)43(34)51-44(41)42(40)50;37-34-35(38-30-24-14-6-8-16-27(24)42-36(30)39-34)40-26-15-7-5-13-23(26)28-21-11-3-4-12-22(21)29-25-18-17-19-9-1-2-10-20(19)32(25)41-33(29)31(28)40/h1-26H;1-24H;1-18H. The van der Waals surface area contributed by atoms with Gasteiger partial charge in [0.25, 0.3) is 0 Å². The fourth-order valence-corrected chi connectivity index (χ4v) is 27.5. The molecule has 17 heteroatoms. The van der Waals surface area contributed by atoms with Crippen LogP contribution < -0.4 is 0 Å². The highest BCUT2D eigenvalue weighted by Gasteiger charge is 2.33. The Hall–Kier alpha value is -18.3. The van der Waals surface area contributed by atoms with Crippen LogP contribution in [0.5, 0.6) is 0 Å². The first-order valence-corrected chi connectivity index (χ1v) is 52.3. The highest BCUT2D eigenvalue weighted by molar-refractivity contribution is 7.26. The van der Waals surface area contributed by atoms with Gasteiger partial charge in [0, 0.05) is 116 Å². The van der Waals surface area contributed by atoms with Crippen LogP contribution in [0.15, 0.2) is 426 Å². The lowest BCUT2D eigenvalue weighted by atomic mass is 9.94. The zero-order valence-electron chi connectivity index (χ0n) is 78.5. The third kappa shape index (κ3) is 11.8. The Bertz CT molecular complexity index is 12300. The lowest BCUT2D eigenvalue weighted by molar-refractivity contribution is 0.674. The van der Waals surface area contributed by atoms with Gasteiger partial charge in [-0.1, -0.05) is 368 Å². The summed E-state index contributed by atoms with van der Waals surface area (Å²) >= 11 is 25.0. The predicted molar refractivity (Wildman–Crippen MR) is 627 cm³/mol. The molecule has 0 unspecified atom stereocenters. The SMILES string of the molecule is Clc1nc2cc3c4ccccc4c4ccccc4c3cc2nc1-n1c2ccccc2c2c3ccccc3c3c4ccc5ccccc5c4oc3c21.Clc1nc2ccc3ccccc3c2nc1-n1c2ccc(-c3ccc4c(c3)sc3ccccc34)cc2c2c3ccccc3c3c4ccc5ccccc5c4oc3c21.Clc1nc2sc3ccccc3c2nc1-n1c2ccccc2c2c3ccccc3c3c4ccc5ccccc5c4oc3c21. The number of furan rings is 3. The van der Waals surface area contributed by atoms with Crippen LogP contribution in [0.2, 0.25) is 15.5 Å². The molecule has 0 saturated heterocycles. The minimum Gasteiger partial charge on any atom is -0.453 e. The van der Waals surface area contributed by atoms with E-state index in [4.69, 9.17) is 78.0 Å². The zero-order chi connectivity index (χ0) is 97.5. The quantitative estimate of drug-likeness (QED) is 0.125. The van der Waals surface area contributed by atoms with Gasteiger partial charge >= 0.3 is 0 Å². The van der Waals surface area contributed by atoms with Crippen molar-refractivity contribution in [2.24, 2.45) is 0 Å². The summed E-state index contributed by atoms with van der Waals surface area (Å²) in [6.07, 6.45) is 0. The number of nitrogens with zero attached hydrogens (tertiary/aromatic N) is 9. The number of hydrogen-bond acceptors (Lipinski definition) is 11. The maximum atomic E-state index is 7.27. The van der Waals surface area contributed by atoms with Gasteiger partial charge in [0.2, 0.25) is 0 Å². The maximum Gasteiger partial charge on any atom is 0.176 e. The zero-order valence-corrected chi connectivity index (χ0v) is 82.4. The number of hydrogen-bond donors (Lipinski definition) is 0. The minimum atomic E-state index is 0.328. The van der Waals surface area contributed by atoms with Gasteiger partial charge in [-0.05, 0) is 176 Å². The normalized spacial score (nSPS) is 12.4. The van der Waals surface area contributed by atoms with E-state index in [9.17, 15) is 0 Å². The van der Waals surface area contributed by atoms with E-state index < -0.39 is 0 Å². The molecular weight excluding hydrogens is 1930 g/mol. The molecule has 0 atom stereocenters. The van der Waals surface area contributed by atoms with Gasteiger partial charge in [-0.2, -0.15) is 0 Å². The van der Waals surface area contributed by atoms with Gasteiger partial charge in [-0.3, -0.25) is 13.7 Å². The molecule has 0 aliphatic heterocycles. The first kappa shape index (κ1) is 83.1. The van der Waals surface area contributed by atoms with Crippen LogP contribution in [-0.4, -0.2) is 43.6 Å². The van der Waals surface area contributed by atoms with E-state index in [0.717, 1.165) is 265 Å². The molecule has 0 aliphatic rings. The summed E-state index contributed by atoms with van der Waals surface area (Å²) in [7, 11) is 0. The van der Waals surface area contributed by atoms with Crippen molar-refractivity contribution in [3.63, 3.8) is 0 Å². The van der Waals surface area contributed by atoms with Crippen LogP contribution in [0, 0.1) is 0 Å². The Morgan fingerprint density at radius 1 is 0.188 bits per heavy atom. The second kappa shape index (κ2) is 31.4. The van der Waals surface area contributed by atoms with E-state index in [-0.39, 0.29) is 0 Å². The molecule has 11 heterocycles. The van der Waals surface area contributed by atoms with Crippen LogP contribution in [0.25, 0.3) is 330 Å². The number of thiophene rings is 2. The van der Waals surface area contributed by atoms with Gasteiger partial charge < -0.3 is 13.3 Å². The summed E-state index contributed by atoms with van der Waals surface area (Å²) in [5, 5.41) is 40.6. The monoisotopic (exact) mass is 2000 g/mol. The van der Waals surface area contributed by atoms with Crippen LogP contribution in [-0.2, 0) is 0 Å². The van der Waals surface area contributed by atoms with Gasteiger partial charge in [-0.15, -0.1) is 22.7 Å². The average Bonchev–Trinajstić information content (AvgIpc) is 1.54. The Kier molecular flexibility index (Phi) is 17.5. The van der Waals surface area contributed by atoms with Crippen LogP contribution in [0.3, 0.4) is 0 Å². The Morgan fingerprint density at radius 3 is 1.00 bits per heavy atom. The molecule has 0 fully saturated rings. The van der Waals surface area contributed by atoms with Crippen LogP contribution in [0.1, 0.15) is 0 Å². The molecule has 149 heavy (non-hydrogen) atoms. The Labute approximate surface area is 865 Å². The second-order valence-corrected chi connectivity index (χ2v) is 41.9. The molecule has 35 aromatic rings. The fraction of sp³-hybridized carbons (Fsp3) is 0. The van der Waals surface area contributed by atoms with E-state index in [2.05, 4.69) is 402 Å². The van der Waals surface area contributed by atoms with Gasteiger partial charge in [-0.25, -0.2) is 29.9 Å². The van der Waals surface area contributed by atoms with E-state index in [1.54, 1.807) is 11.3 Å². The number of fused-ring (bicyclic) bond motifs is 52. The first-order chi connectivity index (χ1) is 73.7. The molecular formula is C132H68Cl3N9O3S2. The highest BCUT2D eigenvalue weighted by atomic mass is 35.5. The average molecular weight is 2000 g/mol. The molecule has 24 aromatic carbocycles. The van der Waals surface area contributed by atoms with E-state index >= 15 is 0 Å².